The number of aliphatic hydroxyl groups is 2. The summed E-state index contributed by atoms with van der Waals surface area (Å²) >= 11 is 1.05. The predicted molar refractivity (Wildman–Crippen MR) is 159 cm³/mol. The normalized spacial score (nSPS) is 39.7. The van der Waals surface area contributed by atoms with Gasteiger partial charge in [-0.05, 0) is 18.8 Å². The average Bonchev–Trinajstić information content (AvgIpc) is 3.72. The molecule has 2 aliphatic heterocycles. The first-order valence-corrected chi connectivity index (χ1v) is 17.8. The molecule has 2 unspecified atom stereocenters. The SMILES string of the molecule is Nc1nc2c(ncn2[C@@H]2S[C@@H]3CO[PH](=O)O[C@H]4[C@@H](O)[C@H](n5cnc6c(N)ncnc65)[C@H]5CC[C@]54COP(=O)(O)O[C@@H]2[C@@H]3O)c(=O)[nH]1. The second-order valence-corrected chi connectivity index (χ2v) is 15.5. The summed E-state index contributed by atoms with van der Waals surface area (Å²) in [5, 5.41) is 21.1. The first kappa shape index (κ1) is 30.4. The Hall–Kier alpha value is -2.97. The van der Waals surface area contributed by atoms with Crippen molar-refractivity contribution in [3.8, 4) is 0 Å². The van der Waals surface area contributed by atoms with Crippen LogP contribution in [-0.4, -0.2) is 97.0 Å². The molecule has 8 rings (SSSR count). The molecular weight excluding hydrogens is 670 g/mol. The van der Waals surface area contributed by atoms with Gasteiger partial charge >= 0.3 is 16.1 Å². The van der Waals surface area contributed by atoms with Crippen LogP contribution in [0.5, 0.6) is 0 Å². The van der Waals surface area contributed by atoms with Gasteiger partial charge in [0.2, 0.25) is 5.95 Å². The van der Waals surface area contributed by atoms with Crippen molar-refractivity contribution >= 4 is 61.9 Å². The summed E-state index contributed by atoms with van der Waals surface area (Å²) in [6, 6.07) is -0.695. The molecule has 2 saturated heterocycles. The van der Waals surface area contributed by atoms with Crippen molar-refractivity contribution in [1.29, 1.82) is 0 Å². The summed E-state index contributed by atoms with van der Waals surface area (Å²) in [5.41, 5.74) is 10.7. The lowest BCUT2D eigenvalue weighted by molar-refractivity contribution is -0.0895. The highest BCUT2D eigenvalue weighted by molar-refractivity contribution is 8.00. The topological polar surface area (TPSA) is 291 Å². The monoisotopic (exact) mass is 698 g/mol. The van der Waals surface area contributed by atoms with Crippen molar-refractivity contribution in [2.75, 3.05) is 24.7 Å². The van der Waals surface area contributed by atoms with Gasteiger partial charge in [0.15, 0.2) is 22.6 Å². The number of hydrogen-bond acceptors (Lipinski definition) is 17. The molecule has 23 heteroatoms. The van der Waals surface area contributed by atoms with Crippen LogP contribution in [0.25, 0.3) is 22.3 Å². The maximum atomic E-state index is 13.5. The molecule has 4 aliphatic rings. The molecule has 11 atom stereocenters. The number of nitrogens with one attached hydrogen (secondary N) is 1. The smallest absolute Gasteiger partial charge is 0.389 e. The van der Waals surface area contributed by atoms with E-state index in [1.54, 1.807) is 4.57 Å². The van der Waals surface area contributed by atoms with Gasteiger partial charge in [-0.25, -0.2) is 24.5 Å². The summed E-state index contributed by atoms with van der Waals surface area (Å²) in [6.45, 7) is -0.738. The Bertz CT molecular complexity index is 1990. The number of rotatable bonds is 2. The van der Waals surface area contributed by atoms with E-state index in [4.69, 9.17) is 29.6 Å². The van der Waals surface area contributed by atoms with Crippen LogP contribution in [0.4, 0.5) is 11.8 Å². The number of hydrogen-bond donors (Lipinski definition) is 6. The molecule has 20 nitrogen and oxygen atoms in total. The fourth-order valence-electron chi connectivity index (χ4n) is 7.19. The van der Waals surface area contributed by atoms with Crippen LogP contribution in [0.1, 0.15) is 24.3 Å². The third kappa shape index (κ3) is 4.56. The third-order valence-electron chi connectivity index (χ3n) is 9.38. The molecule has 246 valence electrons. The number of nitrogen functional groups attached to an aromatic ring is 2. The van der Waals surface area contributed by atoms with Crippen molar-refractivity contribution in [2.24, 2.45) is 11.3 Å². The van der Waals surface area contributed by atoms with E-state index in [-0.39, 0.29) is 29.5 Å². The Labute approximate surface area is 262 Å². The number of aromatic amines is 1. The third-order valence-corrected chi connectivity index (χ3v) is 12.7. The van der Waals surface area contributed by atoms with Crippen LogP contribution >= 0.6 is 27.8 Å². The summed E-state index contributed by atoms with van der Waals surface area (Å²) in [4.78, 5) is 46.5. The van der Waals surface area contributed by atoms with Crippen LogP contribution in [0, 0.1) is 11.3 Å². The Kier molecular flexibility index (Phi) is 7.11. The van der Waals surface area contributed by atoms with E-state index in [0.717, 1.165) is 11.8 Å². The van der Waals surface area contributed by atoms with Gasteiger partial charge in [-0.3, -0.25) is 28.0 Å². The minimum absolute atomic E-state index is 0.0469. The highest BCUT2D eigenvalue weighted by atomic mass is 32.2. The number of nitrogens with two attached hydrogens (primary N) is 2. The Morgan fingerprint density at radius 1 is 1.11 bits per heavy atom. The summed E-state index contributed by atoms with van der Waals surface area (Å²) in [7, 11) is -8.22. The van der Waals surface area contributed by atoms with Gasteiger partial charge in [0, 0.05) is 5.41 Å². The lowest BCUT2D eigenvalue weighted by atomic mass is 9.60. The number of nitrogens with zero attached hydrogens (tertiary/aromatic N) is 7. The number of anilines is 2. The van der Waals surface area contributed by atoms with E-state index in [9.17, 15) is 29.0 Å². The number of thioether (sulfide) groups is 1. The molecule has 0 radical (unpaired) electrons. The van der Waals surface area contributed by atoms with Crippen LogP contribution in [-0.2, 0) is 27.2 Å². The molecule has 8 N–H and O–H groups in total. The van der Waals surface area contributed by atoms with Gasteiger partial charge in [0.05, 0.1) is 43.3 Å². The largest absolute Gasteiger partial charge is 0.472 e. The van der Waals surface area contributed by atoms with Gasteiger partial charge in [-0.1, -0.05) is 0 Å². The average molecular weight is 699 g/mol. The number of aliphatic hydroxyl groups excluding tert-OH is 2. The molecule has 2 saturated carbocycles. The summed E-state index contributed by atoms with van der Waals surface area (Å²) in [6.07, 6.45) is -0.252. The van der Waals surface area contributed by atoms with Crippen LogP contribution < -0.4 is 17.0 Å². The number of imidazole rings is 2. The minimum atomic E-state index is -4.92. The lowest BCUT2D eigenvalue weighted by Crippen LogP contribution is -2.49. The highest BCUT2D eigenvalue weighted by Gasteiger charge is 2.67. The number of fused-ring (bicyclic) bond motifs is 4. The van der Waals surface area contributed by atoms with Crippen molar-refractivity contribution < 1.29 is 42.3 Å². The standard InChI is InChI=1S/C23H28N10O10P2S/c24-17-10-18(27-5-26-17)32(6-28-10)12-8-1-2-23(8)4-41-45(38,39)43-15-13(34)9(3-40-44(37)42-16(23)14(12)35)46-21(15)33-7-29-11-19(33)30-22(25)31-20(11)36/h5-9,12-16,21,34-35,44H,1-4H2,(H,38,39)(H2,24,26,27)(H3,25,30,31,36)/t8-,9-,12-,13-,14+,15-,16+,21-,23+/m1/s1. The minimum Gasteiger partial charge on any atom is -0.389 e. The quantitative estimate of drug-likeness (QED) is 0.147. The molecule has 0 aromatic carbocycles. The second-order valence-electron chi connectivity index (χ2n) is 11.7. The molecule has 0 amide bonds. The zero-order chi connectivity index (χ0) is 32.1. The van der Waals surface area contributed by atoms with Gasteiger partial charge in [0.1, 0.15) is 35.5 Å². The number of aromatic nitrogens is 8. The van der Waals surface area contributed by atoms with Gasteiger partial charge in [-0.2, -0.15) is 4.98 Å². The molecule has 4 aromatic heterocycles. The molecular formula is C23H28N10O10P2S. The fraction of sp³-hybridized carbons (Fsp3) is 0.565. The zero-order valence-electron chi connectivity index (χ0n) is 23.5. The van der Waals surface area contributed by atoms with Crippen LogP contribution in [0.2, 0.25) is 0 Å². The van der Waals surface area contributed by atoms with E-state index in [1.165, 1.54) is 23.5 Å². The van der Waals surface area contributed by atoms with Gasteiger partial charge in [0.25, 0.3) is 5.56 Å². The van der Waals surface area contributed by atoms with Crippen molar-refractivity contribution in [3.63, 3.8) is 0 Å². The summed E-state index contributed by atoms with van der Waals surface area (Å²) < 4.78 is 52.6. The van der Waals surface area contributed by atoms with Crippen molar-refractivity contribution in [3.05, 3.63) is 29.3 Å². The Balaban J connectivity index is 1.14. The highest BCUT2D eigenvalue weighted by Crippen LogP contribution is 2.66. The van der Waals surface area contributed by atoms with Crippen LogP contribution in [0.3, 0.4) is 0 Å². The molecule has 1 spiro atoms. The summed E-state index contributed by atoms with van der Waals surface area (Å²) in [5.74, 6) is -0.422. The zero-order valence-corrected chi connectivity index (χ0v) is 26.2. The fourth-order valence-corrected chi connectivity index (χ4v) is 10.9. The van der Waals surface area contributed by atoms with E-state index >= 15 is 0 Å². The lowest BCUT2D eigenvalue weighted by Gasteiger charge is -2.48. The first-order valence-electron chi connectivity index (χ1n) is 14.1. The predicted octanol–water partition coefficient (Wildman–Crippen LogP) is -0.282. The Morgan fingerprint density at radius 2 is 1.89 bits per heavy atom. The maximum absolute atomic E-state index is 13.5. The second kappa shape index (κ2) is 10.8. The van der Waals surface area contributed by atoms with E-state index in [0.29, 0.717) is 24.0 Å². The molecule has 4 aromatic rings. The van der Waals surface area contributed by atoms with Gasteiger partial charge in [-0.15, -0.1) is 11.8 Å². The molecule has 2 bridgehead atoms. The maximum Gasteiger partial charge on any atom is 0.472 e. The molecule has 4 fully saturated rings. The Morgan fingerprint density at radius 3 is 2.67 bits per heavy atom. The van der Waals surface area contributed by atoms with E-state index in [2.05, 4.69) is 29.9 Å². The number of phosphoric ester groups is 1. The van der Waals surface area contributed by atoms with Crippen LogP contribution in [0.15, 0.2) is 23.8 Å². The molecule has 2 aliphatic carbocycles. The molecule has 6 heterocycles. The van der Waals surface area contributed by atoms with E-state index < -0.39 is 80.7 Å². The van der Waals surface area contributed by atoms with E-state index in [1.807, 2.05) is 0 Å². The van der Waals surface area contributed by atoms with Crippen molar-refractivity contribution in [2.45, 2.75) is 53.9 Å². The number of phosphoric acid groups is 1. The number of H-pyrrole nitrogens is 1. The molecule has 46 heavy (non-hydrogen) atoms. The first-order chi connectivity index (χ1) is 22.0. The van der Waals surface area contributed by atoms with Crippen molar-refractivity contribution in [1.82, 2.24) is 39.0 Å². The van der Waals surface area contributed by atoms with Gasteiger partial charge < -0.3 is 40.2 Å².